The second kappa shape index (κ2) is 10.6. The Morgan fingerprint density at radius 3 is 1.94 bits per heavy atom. The number of esters is 2. The molecule has 0 aromatic heterocycles. The van der Waals surface area contributed by atoms with E-state index in [9.17, 15) is 14.0 Å². The summed E-state index contributed by atoms with van der Waals surface area (Å²) in [5.74, 6) is -1.72. The van der Waals surface area contributed by atoms with Crippen LogP contribution in [-0.2, 0) is 19.1 Å². The number of hydrogen-bond donors (Lipinski definition) is 0. The molecule has 0 radical (unpaired) electrons. The topological polar surface area (TPSA) is 65.1 Å². The summed E-state index contributed by atoms with van der Waals surface area (Å²) in [5.41, 5.74) is 1.71. The van der Waals surface area contributed by atoms with Crippen LogP contribution < -0.4 is 9.64 Å². The van der Waals surface area contributed by atoms with Crippen LogP contribution in [0.1, 0.15) is 32.3 Å². The van der Waals surface area contributed by atoms with Crippen molar-refractivity contribution >= 4 is 17.6 Å². The number of rotatable bonds is 8. The van der Waals surface area contributed by atoms with Crippen molar-refractivity contribution in [3.05, 3.63) is 83.5 Å². The third-order valence-corrected chi connectivity index (χ3v) is 4.86. The van der Waals surface area contributed by atoms with E-state index in [1.807, 2.05) is 25.1 Å². The zero-order valence-electron chi connectivity index (χ0n) is 18.3. The van der Waals surface area contributed by atoms with Crippen LogP contribution in [0.4, 0.5) is 10.1 Å². The number of anilines is 1. The van der Waals surface area contributed by atoms with Crippen LogP contribution in [0.2, 0.25) is 0 Å². The Bertz CT molecular complexity index is 993. The maximum Gasteiger partial charge on any atom is 0.336 e. The zero-order valence-corrected chi connectivity index (χ0v) is 18.3. The molecule has 0 atom stereocenters. The van der Waals surface area contributed by atoms with Crippen LogP contribution in [0.3, 0.4) is 0 Å². The fraction of sp³-hybridized carbons (Fsp3) is 0.280. The van der Waals surface area contributed by atoms with E-state index in [4.69, 9.17) is 14.2 Å². The van der Waals surface area contributed by atoms with Gasteiger partial charge in [0.05, 0.1) is 36.9 Å². The van der Waals surface area contributed by atoms with E-state index < -0.39 is 23.7 Å². The van der Waals surface area contributed by atoms with Crippen molar-refractivity contribution in [3.63, 3.8) is 0 Å². The van der Waals surface area contributed by atoms with E-state index >= 15 is 0 Å². The smallest absolute Gasteiger partial charge is 0.336 e. The molecule has 0 fully saturated rings. The SMILES string of the molecule is CCOC(=O)C1=CN(c2ccc(F)cc2)C=C(C(=O)OCC)C1c1ccccc1OCC. The Morgan fingerprint density at radius 2 is 1.41 bits per heavy atom. The van der Waals surface area contributed by atoms with Crippen LogP contribution in [-0.4, -0.2) is 31.8 Å². The highest BCUT2D eigenvalue weighted by Crippen LogP contribution is 2.42. The minimum atomic E-state index is -0.757. The number of halogens is 1. The number of hydrogen-bond acceptors (Lipinski definition) is 6. The molecule has 1 aliphatic rings. The molecule has 0 saturated heterocycles. The number of ether oxygens (including phenoxy) is 3. The molecule has 7 heteroatoms. The summed E-state index contributed by atoms with van der Waals surface area (Å²) < 4.78 is 29.9. The van der Waals surface area contributed by atoms with E-state index in [0.29, 0.717) is 23.6 Å². The molecular weight excluding hydrogens is 413 g/mol. The van der Waals surface area contributed by atoms with Gasteiger partial charge in [0.25, 0.3) is 0 Å². The predicted molar refractivity (Wildman–Crippen MR) is 119 cm³/mol. The Kier molecular flexibility index (Phi) is 7.65. The molecular formula is C25H26FNO5. The third-order valence-electron chi connectivity index (χ3n) is 4.86. The van der Waals surface area contributed by atoms with Gasteiger partial charge in [0.2, 0.25) is 0 Å². The first-order valence-electron chi connectivity index (χ1n) is 10.5. The van der Waals surface area contributed by atoms with Gasteiger partial charge >= 0.3 is 11.9 Å². The van der Waals surface area contributed by atoms with Gasteiger partial charge in [-0.3, -0.25) is 0 Å². The number of para-hydroxylation sites is 1. The summed E-state index contributed by atoms with van der Waals surface area (Å²) in [5, 5.41) is 0. The number of benzene rings is 2. The summed E-state index contributed by atoms with van der Waals surface area (Å²) in [6.45, 7) is 6.05. The van der Waals surface area contributed by atoms with Crippen LogP contribution in [0.15, 0.2) is 72.1 Å². The lowest BCUT2D eigenvalue weighted by molar-refractivity contribution is -0.139. The van der Waals surface area contributed by atoms with Crippen LogP contribution in [0.25, 0.3) is 0 Å². The molecule has 0 N–H and O–H groups in total. The Labute approximate surface area is 186 Å². The molecule has 0 amide bonds. The first-order valence-corrected chi connectivity index (χ1v) is 10.5. The van der Waals surface area contributed by atoms with Gasteiger partial charge in [-0.25, -0.2) is 14.0 Å². The summed E-state index contributed by atoms with van der Waals surface area (Å²) in [4.78, 5) is 27.6. The fourth-order valence-electron chi connectivity index (χ4n) is 3.53. The van der Waals surface area contributed by atoms with Crippen LogP contribution in [0.5, 0.6) is 5.75 Å². The predicted octanol–water partition coefficient (Wildman–Crippen LogP) is 4.72. The van der Waals surface area contributed by atoms with Crippen molar-refractivity contribution in [1.82, 2.24) is 0 Å². The summed E-state index contributed by atoms with van der Waals surface area (Å²) >= 11 is 0. The lowest BCUT2D eigenvalue weighted by atomic mass is 9.82. The molecule has 0 saturated carbocycles. The largest absolute Gasteiger partial charge is 0.494 e. The number of carbonyl (C=O) groups excluding carboxylic acids is 2. The van der Waals surface area contributed by atoms with Crippen molar-refractivity contribution in [2.24, 2.45) is 0 Å². The summed E-state index contributed by atoms with van der Waals surface area (Å²) in [6, 6.07) is 13.0. The number of carbonyl (C=O) groups is 2. The second-order valence-electron chi connectivity index (χ2n) is 6.90. The lowest BCUT2D eigenvalue weighted by Gasteiger charge is -2.31. The van der Waals surface area contributed by atoms with Crippen molar-refractivity contribution < 1.29 is 28.2 Å². The van der Waals surface area contributed by atoms with Crippen LogP contribution >= 0.6 is 0 Å². The first kappa shape index (κ1) is 23.1. The molecule has 2 aromatic carbocycles. The first-order chi connectivity index (χ1) is 15.5. The van der Waals surface area contributed by atoms with Gasteiger partial charge in [0, 0.05) is 23.7 Å². The highest BCUT2D eigenvalue weighted by Gasteiger charge is 2.37. The Hall–Kier alpha value is -3.61. The van der Waals surface area contributed by atoms with E-state index in [2.05, 4.69) is 0 Å². The molecule has 1 heterocycles. The van der Waals surface area contributed by atoms with Crippen molar-refractivity contribution in [3.8, 4) is 5.75 Å². The monoisotopic (exact) mass is 439 g/mol. The van der Waals surface area contributed by atoms with Gasteiger partial charge in [-0.15, -0.1) is 0 Å². The van der Waals surface area contributed by atoms with Gasteiger partial charge in [-0.2, -0.15) is 0 Å². The third kappa shape index (κ3) is 4.99. The standard InChI is InChI=1S/C25H26FNO5/c1-4-30-22-10-8-7-9-19(22)23-20(24(28)31-5-2)15-27(16-21(23)25(29)32-6-3)18-13-11-17(26)12-14-18/h7-16,23H,4-6H2,1-3H3. The summed E-state index contributed by atoms with van der Waals surface area (Å²) in [6.07, 6.45) is 3.20. The van der Waals surface area contributed by atoms with E-state index in [1.54, 1.807) is 49.3 Å². The molecule has 3 rings (SSSR count). The highest BCUT2D eigenvalue weighted by molar-refractivity contribution is 6.00. The van der Waals surface area contributed by atoms with E-state index in [-0.39, 0.29) is 24.4 Å². The minimum Gasteiger partial charge on any atom is -0.494 e. The van der Waals surface area contributed by atoms with Crippen molar-refractivity contribution in [2.75, 3.05) is 24.7 Å². The van der Waals surface area contributed by atoms with Crippen LogP contribution in [0, 0.1) is 5.82 Å². The molecule has 0 aliphatic carbocycles. The summed E-state index contributed by atoms with van der Waals surface area (Å²) in [7, 11) is 0. The zero-order chi connectivity index (χ0) is 23.1. The van der Waals surface area contributed by atoms with Gasteiger partial charge in [0.1, 0.15) is 11.6 Å². The lowest BCUT2D eigenvalue weighted by Crippen LogP contribution is -2.29. The Balaban J connectivity index is 2.20. The molecule has 0 unspecified atom stereocenters. The van der Waals surface area contributed by atoms with Crippen molar-refractivity contribution in [2.45, 2.75) is 26.7 Å². The van der Waals surface area contributed by atoms with Crippen molar-refractivity contribution in [1.29, 1.82) is 0 Å². The molecule has 1 aliphatic heterocycles. The molecule has 6 nitrogen and oxygen atoms in total. The van der Waals surface area contributed by atoms with Gasteiger partial charge in [-0.05, 0) is 51.1 Å². The normalized spacial score (nSPS) is 13.8. The molecule has 0 bridgehead atoms. The molecule has 2 aromatic rings. The number of nitrogens with zero attached hydrogens (tertiary/aromatic N) is 1. The van der Waals surface area contributed by atoms with E-state index in [0.717, 1.165) is 0 Å². The van der Waals surface area contributed by atoms with Gasteiger partial charge < -0.3 is 19.1 Å². The maximum absolute atomic E-state index is 13.5. The fourth-order valence-corrected chi connectivity index (χ4v) is 3.53. The van der Waals surface area contributed by atoms with E-state index in [1.165, 1.54) is 12.1 Å². The average Bonchev–Trinajstić information content (AvgIpc) is 2.80. The molecule has 168 valence electrons. The molecule has 0 spiro atoms. The second-order valence-corrected chi connectivity index (χ2v) is 6.90. The Morgan fingerprint density at radius 1 is 0.844 bits per heavy atom. The quantitative estimate of drug-likeness (QED) is 0.555. The highest BCUT2D eigenvalue weighted by atomic mass is 19.1. The average molecular weight is 439 g/mol. The molecule has 32 heavy (non-hydrogen) atoms. The maximum atomic E-state index is 13.5. The minimum absolute atomic E-state index is 0.172. The van der Waals surface area contributed by atoms with Gasteiger partial charge in [0.15, 0.2) is 0 Å². The van der Waals surface area contributed by atoms with Gasteiger partial charge in [-0.1, -0.05) is 18.2 Å².